The fourth-order valence-corrected chi connectivity index (χ4v) is 2.11. The highest BCUT2D eigenvalue weighted by Crippen LogP contribution is 2.29. The van der Waals surface area contributed by atoms with E-state index in [9.17, 15) is 5.26 Å². The van der Waals surface area contributed by atoms with Crippen LogP contribution in [0.5, 0.6) is 11.5 Å². The van der Waals surface area contributed by atoms with Crippen LogP contribution in [0, 0.1) is 11.3 Å². The third kappa shape index (κ3) is 3.46. The summed E-state index contributed by atoms with van der Waals surface area (Å²) in [6.45, 7) is 3.14. The Labute approximate surface area is 124 Å². The Kier molecular flexibility index (Phi) is 5.05. The fourth-order valence-electron chi connectivity index (χ4n) is 2.11. The van der Waals surface area contributed by atoms with Crippen molar-refractivity contribution >= 4 is 5.69 Å². The highest BCUT2D eigenvalue weighted by Gasteiger charge is 2.09. The first-order valence-electron chi connectivity index (χ1n) is 6.81. The van der Waals surface area contributed by atoms with E-state index < -0.39 is 0 Å². The van der Waals surface area contributed by atoms with Crippen molar-refractivity contribution in [3.63, 3.8) is 0 Å². The van der Waals surface area contributed by atoms with E-state index in [1.165, 1.54) is 0 Å². The van der Waals surface area contributed by atoms with Gasteiger partial charge in [0.1, 0.15) is 17.6 Å². The number of hydrogen-bond donors (Lipinski definition) is 1. The largest absolute Gasteiger partial charge is 0.495 e. The second kappa shape index (κ2) is 7.20. The van der Waals surface area contributed by atoms with Gasteiger partial charge in [0.25, 0.3) is 0 Å². The van der Waals surface area contributed by atoms with Crippen LogP contribution in [0.4, 0.5) is 5.69 Å². The van der Waals surface area contributed by atoms with Gasteiger partial charge in [0.05, 0.1) is 25.0 Å². The van der Waals surface area contributed by atoms with E-state index in [1.54, 1.807) is 19.2 Å². The third-order valence-electron chi connectivity index (χ3n) is 3.09. The molecule has 0 radical (unpaired) electrons. The molecule has 0 aliphatic rings. The molecule has 4 heteroatoms. The molecule has 108 valence electrons. The second-order valence-electron chi connectivity index (χ2n) is 4.39. The zero-order chi connectivity index (χ0) is 15.1. The van der Waals surface area contributed by atoms with Crippen molar-refractivity contribution in [2.75, 3.05) is 19.0 Å². The summed E-state index contributed by atoms with van der Waals surface area (Å²) >= 11 is 0. The standard InChI is InChI=1S/C17H18N2O2/c1-3-21-15-9-5-4-7-14(15)12-19-17-13(11-18)8-6-10-16(17)20-2/h4-10,19H,3,12H2,1-2H3. The smallest absolute Gasteiger partial charge is 0.143 e. The van der Waals surface area contributed by atoms with Gasteiger partial charge >= 0.3 is 0 Å². The van der Waals surface area contributed by atoms with Gasteiger partial charge in [-0.1, -0.05) is 24.3 Å². The SMILES string of the molecule is CCOc1ccccc1CNc1c(C#N)cccc1OC. The Balaban J connectivity index is 2.23. The van der Waals surface area contributed by atoms with Gasteiger partial charge in [-0.2, -0.15) is 5.26 Å². The molecule has 2 aromatic rings. The van der Waals surface area contributed by atoms with Crippen molar-refractivity contribution in [2.24, 2.45) is 0 Å². The Morgan fingerprint density at radius 2 is 1.86 bits per heavy atom. The van der Waals surface area contributed by atoms with E-state index in [1.807, 2.05) is 37.3 Å². The monoisotopic (exact) mass is 282 g/mol. The Bertz CT molecular complexity index is 647. The summed E-state index contributed by atoms with van der Waals surface area (Å²) in [5.74, 6) is 1.50. The van der Waals surface area contributed by atoms with Crippen LogP contribution in [0.15, 0.2) is 42.5 Å². The van der Waals surface area contributed by atoms with Crippen LogP contribution >= 0.6 is 0 Å². The number of rotatable bonds is 6. The van der Waals surface area contributed by atoms with E-state index in [0.717, 1.165) is 11.3 Å². The lowest BCUT2D eigenvalue weighted by Gasteiger charge is -2.14. The van der Waals surface area contributed by atoms with Crippen molar-refractivity contribution in [3.05, 3.63) is 53.6 Å². The lowest BCUT2D eigenvalue weighted by Crippen LogP contribution is -2.05. The molecule has 0 aromatic heterocycles. The minimum atomic E-state index is 0.559. The average Bonchev–Trinajstić information content (AvgIpc) is 2.54. The van der Waals surface area contributed by atoms with Crippen molar-refractivity contribution in [3.8, 4) is 17.6 Å². The van der Waals surface area contributed by atoms with E-state index in [-0.39, 0.29) is 0 Å². The van der Waals surface area contributed by atoms with Gasteiger partial charge in [-0.05, 0) is 25.1 Å². The van der Waals surface area contributed by atoms with Gasteiger partial charge in [0, 0.05) is 12.1 Å². The molecule has 0 atom stereocenters. The van der Waals surface area contributed by atoms with Crippen LogP contribution in [0.25, 0.3) is 0 Å². The van der Waals surface area contributed by atoms with E-state index in [2.05, 4.69) is 11.4 Å². The first-order valence-corrected chi connectivity index (χ1v) is 6.81. The molecule has 2 aromatic carbocycles. The molecule has 0 aliphatic heterocycles. The maximum Gasteiger partial charge on any atom is 0.143 e. The van der Waals surface area contributed by atoms with Gasteiger partial charge in [0.2, 0.25) is 0 Å². The number of anilines is 1. The predicted octanol–water partition coefficient (Wildman–Crippen LogP) is 3.58. The molecule has 2 rings (SSSR count). The van der Waals surface area contributed by atoms with Crippen LogP contribution in [-0.4, -0.2) is 13.7 Å². The lowest BCUT2D eigenvalue weighted by molar-refractivity contribution is 0.337. The minimum Gasteiger partial charge on any atom is -0.495 e. The number of methoxy groups -OCH3 is 1. The Morgan fingerprint density at radius 1 is 1.10 bits per heavy atom. The summed E-state index contributed by atoms with van der Waals surface area (Å²) < 4.78 is 10.9. The van der Waals surface area contributed by atoms with Gasteiger partial charge in [-0.3, -0.25) is 0 Å². The number of nitrogens with one attached hydrogen (secondary N) is 1. The molecular formula is C17H18N2O2. The fraction of sp³-hybridized carbons (Fsp3) is 0.235. The lowest BCUT2D eigenvalue weighted by atomic mass is 10.1. The molecule has 21 heavy (non-hydrogen) atoms. The number of nitrogens with zero attached hydrogens (tertiary/aromatic N) is 1. The van der Waals surface area contributed by atoms with Crippen LogP contribution in [0.2, 0.25) is 0 Å². The van der Waals surface area contributed by atoms with E-state index in [4.69, 9.17) is 9.47 Å². The number of benzene rings is 2. The summed E-state index contributed by atoms with van der Waals surface area (Å²) in [5.41, 5.74) is 2.30. The van der Waals surface area contributed by atoms with Crippen molar-refractivity contribution in [1.29, 1.82) is 5.26 Å². The van der Waals surface area contributed by atoms with Crippen molar-refractivity contribution < 1.29 is 9.47 Å². The van der Waals surface area contributed by atoms with Crippen LogP contribution in [0.3, 0.4) is 0 Å². The van der Waals surface area contributed by atoms with Crippen LogP contribution < -0.4 is 14.8 Å². The van der Waals surface area contributed by atoms with Crippen LogP contribution in [-0.2, 0) is 6.54 Å². The molecule has 1 N–H and O–H groups in total. The summed E-state index contributed by atoms with van der Waals surface area (Å²) in [6, 6.07) is 15.4. The zero-order valence-electron chi connectivity index (χ0n) is 12.2. The maximum atomic E-state index is 9.20. The third-order valence-corrected chi connectivity index (χ3v) is 3.09. The maximum absolute atomic E-state index is 9.20. The molecule has 0 aliphatic carbocycles. The molecule has 0 spiro atoms. The normalized spacial score (nSPS) is 9.76. The zero-order valence-corrected chi connectivity index (χ0v) is 12.2. The van der Waals surface area contributed by atoms with Gasteiger partial charge < -0.3 is 14.8 Å². The van der Waals surface area contributed by atoms with Gasteiger partial charge in [-0.25, -0.2) is 0 Å². The van der Waals surface area contributed by atoms with Crippen molar-refractivity contribution in [2.45, 2.75) is 13.5 Å². The molecule has 4 nitrogen and oxygen atoms in total. The summed E-state index contributed by atoms with van der Waals surface area (Å²) in [7, 11) is 1.59. The summed E-state index contributed by atoms with van der Waals surface area (Å²) in [4.78, 5) is 0. The van der Waals surface area contributed by atoms with Crippen LogP contribution in [0.1, 0.15) is 18.1 Å². The van der Waals surface area contributed by atoms with Crippen molar-refractivity contribution in [1.82, 2.24) is 0 Å². The first kappa shape index (κ1) is 14.7. The average molecular weight is 282 g/mol. The van der Waals surface area contributed by atoms with Gasteiger partial charge in [-0.15, -0.1) is 0 Å². The van der Waals surface area contributed by atoms with E-state index in [0.29, 0.717) is 30.2 Å². The summed E-state index contributed by atoms with van der Waals surface area (Å²) in [6.07, 6.45) is 0. The topological polar surface area (TPSA) is 54.3 Å². The minimum absolute atomic E-state index is 0.559. The molecule has 0 heterocycles. The summed E-state index contributed by atoms with van der Waals surface area (Å²) in [5, 5.41) is 12.5. The van der Waals surface area contributed by atoms with E-state index >= 15 is 0 Å². The quantitative estimate of drug-likeness (QED) is 0.880. The highest BCUT2D eigenvalue weighted by atomic mass is 16.5. The molecule has 0 saturated carbocycles. The number of para-hydroxylation sites is 2. The number of hydrogen-bond acceptors (Lipinski definition) is 4. The molecule has 0 amide bonds. The molecule has 0 bridgehead atoms. The highest BCUT2D eigenvalue weighted by molar-refractivity contribution is 5.66. The number of ether oxygens (including phenoxy) is 2. The Morgan fingerprint density at radius 3 is 2.57 bits per heavy atom. The molecular weight excluding hydrogens is 264 g/mol. The first-order chi connectivity index (χ1) is 10.3. The molecule has 0 fully saturated rings. The second-order valence-corrected chi connectivity index (χ2v) is 4.39. The Hall–Kier alpha value is -2.67. The van der Waals surface area contributed by atoms with Gasteiger partial charge in [0.15, 0.2) is 0 Å². The predicted molar refractivity (Wildman–Crippen MR) is 82.6 cm³/mol. The number of nitriles is 1. The molecule has 0 saturated heterocycles. The molecule has 0 unspecified atom stereocenters.